The summed E-state index contributed by atoms with van der Waals surface area (Å²) in [7, 11) is 0. The third kappa shape index (κ3) is 4.44. The highest BCUT2D eigenvalue weighted by Gasteiger charge is 2.27. The second-order valence-electron chi connectivity index (χ2n) is 6.70. The molecule has 2 heterocycles. The van der Waals surface area contributed by atoms with Crippen LogP contribution in [-0.4, -0.2) is 68.4 Å². The van der Waals surface area contributed by atoms with Crippen molar-refractivity contribution in [1.29, 1.82) is 0 Å². The lowest BCUT2D eigenvalue weighted by atomic mass is 10.2. The molecule has 1 aromatic carbocycles. The molecule has 0 saturated carbocycles. The van der Waals surface area contributed by atoms with Gasteiger partial charge in [0, 0.05) is 32.7 Å². The van der Waals surface area contributed by atoms with Crippen LogP contribution in [0.4, 0.5) is 4.39 Å². The molecule has 1 aliphatic heterocycles. The van der Waals surface area contributed by atoms with Crippen LogP contribution in [0.5, 0.6) is 0 Å². The Morgan fingerprint density at radius 3 is 2.64 bits per heavy atom. The lowest BCUT2D eigenvalue weighted by molar-refractivity contribution is -0.132. The van der Waals surface area contributed by atoms with Crippen molar-refractivity contribution in [1.82, 2.24) is 24.6 Å². The molecule has 0 radical (unpaired) electrons. The smallest absolute Gasteiger partial charge is 0.235 e. The standard InChI is InChI=1S/C20H26FN5OS/c1-4-10-26-18(16-8-6-7-9-17(16)21)22-23-20(26)28-15(3)19(27)25-13-11-24(5-2)12-14-25/h4,6-9,15H,1,5,10-14H2,2-3H3. The normalized spacial score (nSPS) is 16.2. The van der Waals surface area contributed by atoms with Crippen LogP contribution >= 0.6 is 11.8 Å². The first-order chi connectivity index (χ1) is 13.5. The number of thioether (sulfide) groups is 1. The van der Waals surface area contributed by atoms with E-state index in [0.717, 1.165) is 32.7 Å². The number of aromatic nitrogens is 3. The van der Waals surface area contributed by atoms with Crippen LogP contribution < -0.4 is 0 Å². The molecule has 0 bridgehead atoms. The van der Waals surface area contributed by atoms with E-state index in [2.05, 4.69) is 28.6 Å². The van der Waals surface area contributed by atoms with Crippen LogP contribution in [0.2, 0.25) is 0 Å². The molecule has 0 spiro atoms. The fourth-order valence-electron chi connectivity index (χ4n) is 3.26. The van der Waals surface area contributed by atoms with Crippen molar-refractivity contribution in [2.24, 2.45) is 0 Å². The number of piperazine rings is 1. The van der Waals surface area contributed by atoms with Crippen LogP contribution in [0.1, 0.15) is 13.8 Å². The third-order valence-electron chi connectivity index (χ3n) is 4.90. The zero-order chi connectivity index (χ0) is 20.1. The van der Waals surface area contributed by atoms with Crippen molar-refractivity contribution < 1.29 is 9.18 Å². The summed E-state index contributed by atoms with van der Waals surface area (Å²) in [4.78, 5) is 17.1. The second-order valence-corrected chi connectivity index (χ2v) is 8.01. The van der Waals surface area contributed by atoms with Crippen molar-refractivity contribution in [2.45, 2.75) is 30.8 Å². The summed E-state index contributed by atoms with van der Waals surface area (Å²) in [6, 6.07) is 6.48. The van der Waals surface area contributed by atoms with Crippen LogP contribution in [0, 0.1) is 5.82 Å². The molecule has 28 heavy (non-hydrogen) atoms. The van der Waals surface area contributed by atoms with E-state index < -0.39 is 0 Å². The Bertz CT molecular complexity index is 832. The van der Waals surface area contributed by atoms with Crippen LogP contribution in [0.25, 0.3) is 11.4 Å². The molecule has 1 saturated heterocycles. The van der Waals surface area contributed by atoms with Gasteiger partial charge in [0.05, 0.1) is 10.8 Å². The fraction of sp³-hybridized carbons (Fsp3) is 0.450. The Hall–Kier alpha value is -2.19. The van der Waals surface area contributed by atoms with Gasteiger partial charge in [-0.1, -0.05) is 36.9 Å². The Morgan fingerprint density at radius 2 is 2.00 bits per heavy atom. The molecule has 1 atom stereocenters. The molecule has 1 unspecified atom stereocenters. The molecule has 0 aliphatic carbocycles. The Balaban J connectivity index is 1.76. The molecule has 2 aromatic rings. The Morgan fingerprint density at radius 1 is 1.29 bits per heavy atom. The topological polar surface area (TPSA) is 54.3 Å². The third-order valence-corrected chi connectivity index (χ3v) is 5.97. The minimum Gasteiger partial charge on any atom is -0.339 e. The van der Waals surface area contributed by atoms with Crippen molar-refractivity contribution in [3.05, 3.63) is 42.7 Å². The predicted octanol–water partition coefficient (Wildman–Crippen LogP) is 2.91. The molecule has 1 fully saturated rings. The second kappa shape index (κ2) is 9.34. The van der Waals surface area contributed by atoms with E-state index in [-0.39, 0.29) is 17.0 Å². The fourth-order valence-corrected chi connectivity index (χ4v) is 4.20. The summed E-state index contributed by atoms with van der Waals surface area (Å²) in [5.41, 5.74) is 0.387. The molecule has 6 nitrogen and oxygen atoms in total. The number of allylic oxidation sites excluding steroid dienone is 1. The van der Waals surface area contributed by atoms with Gasteiger partial charge < -0.3 is 9.80 Å². The molecular formula is C20H26FN5OS. The van der Waals surface area contributed by atoms with E-state index in [9.17, 15) is 9.18 Å². The van der Waals surface area contributed by atoms with Gasteiger partial charge >= 0.3 is 0 Å². The maximum absolute atomic E-state index is 14.2. The maximum Gasteiger partial charge on any atom is 0.235 e. The van der Waals surface area contributed by atoms with Crippen LogP contribution in [0.3, 0.4) is 0 Å². The number of halogens is 1. The van der Waals surface area contributed by atoms with Gasteiger partial charge in [-0.3, -0.25) is 9.36 Å². The first-order valence-electron chi connectivity index (χ1n) is 9.52. The summed E-state index contributed by atoms with van der Waals surface area (Å²) < 4.78 is 16.0. The summed E-state index contributed by atoms with van der Waals surface area (Å²) >= 11 is 1.35. The highest BCUT2D eigenvalue weighted by atomic mass is 32.2. The molecule has 1 amide bonds. The van der Waals surface area contributed by atoms with Crippen LogP contribution in [0.15, 0.2) is 42.1 Å². The van der Waals surface area contributed by atoms with Crippen molar-refractivity contribution in [2.75, 3.05) is 32.7 Å². The zero-order valence-electron chi connectivity index (χ0n) is 16.3. The molecule has 0 N–H and O–H groups in total. The van der Waals surface area contributed by atoms with E-state index in [0.29, 0.717) is 23.1 Å². The quantitative estimate of drug-likeness (QED) is 0.526. The van der Waals surface area contributed by atoms with Gasteiger partial charge in [-0.2, -0.15) is 0 Å². The SMILES string of the molecule is C=CCn1c(SC(C)C(=O)N2CCN(CC)CC2)nnc1-c1ccccc1F. The average Bonchev–Trinajstić information content (AvgIpc) is 3.10. The highest BCUT2D eigenvalue weighted by molar-refractivity contribution is 8.00. The summed E-state index contributed by atoms with van der Waals surface area (Å²) in [5.74, 6) is 0.188. The van der Waals surface area contributed by atoms with E-state index in [4.69, 9.17) is 0 Å². The monoisotopic (exact) mass is 403 g/mol. The molecule has 1 aliphatic rings. The molecule has 150 valence electrons. The van der Waals surface area contributed by atoms with Gasteiger partial charge in [-0.05, 0) is 25.6 Å². The largest absolute Gasteiger partial charge is 0.339 e. The number of likely N-dealkylation sites (N-methyl/N-ethyl adjacent to an activating group) is 1. The maximum atomic E-state index is 14.2. The van der Waals surface area contributed by atoms with E-state index >= 15 is 0 Å². The van der Waals surface area contributed by atoms with Crippen molar-refractivity contribution in [3.8, 4) is 11.4 Å². The van der Waals surface area contributed by atoms with Gasteiger partial charge in [0.2, 0.25) is 5.91 Å². The number of rotatable bonds is 7. The number of hydrogen-bond acceptors (Lipinski definition) is 5. The Kier molecular flexibility index (Phi) is 6.85. The van der Waals surface area contributed by atoms with E-state index in [1.54, 1.807) is 28.8 Å². The van der Waals surface area contributed by atoms with Gasteiger partial charge in [-0.25, -0.2) is 4.39 Å². The van der Waals surface area contributed by atoms with Crippen molar-refractivity contribution >= 4 is 17.7 Å². The van der Waals surface area contributed by atoms with Gasteiger partial charge in [-0.15, -0.1) is 16.8 Å². The molecule has 1 aromatic heterocycles. The number of benzene rings is 1. The summed E-state index contributed by atoms with van der Waals surface area (Å²) in [6.07, 6.45) is 1.72. The van der Waals surface area contributed by atoms with Gasteiger partial charge in [0.15, 0.2) is 11.0 Å². The first-order valence-corrected chi connectivity index (χ1v) is 10.4. The van der Waals surface area contributed by atoms with E-state index in [1.807, 2.05) is 11.8 Å². The van der Waals surface area contributed by atoms with Crippen LogP contribution in [-0.2, 0) is 11.3 Å². The minimum absolute atomic E-state index is 0.0985. The zero-order valence-corrected chi connectivity index (χ0v) is 17.2. The molecule has 3 rings (SSSR count). The number of nitrogens with zero attached hydrogens (tertiary/aromatic N) is 5. The number of amides is 1. The number of carbonyl (C=O) groups is 1. The Labute approximate surface area is 169 Å². The summed E-state index contributed by atoms with van der Waals surface area (Å²) in [6.45, 7) is 12.6. The highest BCUT2D eigenvalue weighted by Crippen LogP contribution is 2.29. The first kappa shape index (κ1) is 20.5. The van der Waals surface area contributed by atoms with E-state index in [1.165, 1.54) is 17.8 Å². The number of hydrogen-bond donors (Lipinski definition) is 0. The lowest BCUT2D eigenvalue weighted by Crippen LogP contribution is -2.50. The average molecular weight is 404 g/mol. The van der Waals surface area contributed by atoms with Gasteiger partial charge in [0.1, 0.15) is 5.82 Å². The predicted molar refractivity (Wildman–Crippen MR) is 110 cm³/mol. The van der Waals surface area contributed by atoms with Gasteiger partial charge in [0.25, 0.3) is 0 Å². The van der Waals surface area contributed by atoms with Crippen molar-refractivity contribution in [3.63, 3.8) is 0 Å². The minimum atomic E-state index is -0.352. The lowest BCUT2D eigenvalue weighted by Gasteiger charge is -2.35. The number of carbonyl (C=O) groups excluding carboxylic acids is 1. The molecule has 8 heteroatoms. The summed E-state index contributed by atoms with van der Waals surface area (Å²) in [5, 5.41) is 8.70. The molecular weight excluding hydrogens is 377 g/mol.